The minimum absolute atomic E-state index is 0.0712. The van der Waals surface area contributed by atoms with Gasteiger partial charge >= 0.3 is 0 Å². The van der Waals surface area contributed by atoms with E-state index in [0.717, 1.165) is 6.07 Å². The first-order valence-corrected chi connectivity index (χ1v) is 4.50. The molecule has 0 bridgehead atoms. The smallest absolute Gasteiger partial charge is 0.162 e. The Bertz CT molecular complexity index is 372. The molecule has 1 rings (SSSR count). The molecular formula is C12H12F2. The summed E-state index contributed by atoms with van der Waals surface area (Å²) >= 11 is 0. The Hall–Kier alpha value is -1.36. The van der Waals surface area contributed by atoms with Crippen LogP contribution < -0.4 is 0 Å². The molecule has 0 saturated heterocycles. The van der Waals surface area contributed by atoms with Gasteiger partial charge in [-0.3, -0.25) is 0 Å². The van der Waals surface area contributed by atoms with Crippen LogP contribution in [0.15, 0.2) is 18.2 Å². The molecule has 0 aliphatic carbocycles. The van der Waals surface area contributed by atoms with Crippen LogP contribution in [0.3, 0.4) is 0 Å². The summed E-state index contributed by atoms with van der Waals surface area (Å²) in [5.74, 6) is 3.97. The Morgan fingerprint density at radius 2 is 2.07 bits per heavy atom. The van der Waals surface area contributed by atoms with Gasteiger partial charge in [-0.05, 0) is 24.5 Å². The third-order valence-corrected chi connectivity index (χ3v) is 2.10. The van der Waals surface area contributed by atoms with E-state index in [2.05, 4.69) is 11.8 Å². The van der Waals surface area contributed by atoms with Gasteiger partial charge in [0.25, 0.3) is 0 Å². The molecular weight excluding hydrogens is 182 g/mol. The monoisotopic (exact) mass is 194 g/mol. The molecule has 0 aliphatic rings. The van der Waals surface area contributed by atoms with Gasteiger partial charge in [0.05, 0.1) is 0 Å². The van der Waals surface area contributed by atoms with Crippen molar-refractivity contribution < 1.29 is 8.78 Å². The van der Waals surface area contributed by atoms with E-state index in [1.165, 1.54) is 6.07 Å². The summed E-state index contributed by atoms with van der Waals surface area (Å²) in [6.45, 7) is 3.57. The zero-order valence-electron chi connectivity index (χ0n) is 8.27. The van der Waals surface area contributed by atoms with E-state index >= 15 is 0 Å². The second-order valence-corrected chi connectivity index (χ2v) is 3.17. The first kappa shape index (κ1) is 10.7. The summed E-state index contributed by atoms with van der Waals surface area (Å²) in [5, 5.41) is 0. The van der Waals surface area contributed by atoms with E-state index < -0.39 is 11.6 Å². The van der Waals surface area contributed by atoms with Gasteiger partial charge in [-0.2, -0.15) is 0 Å². The molecule has 1 unspecified atom stereocenters. The molecule has 0 aliphatic heterocycles. The van der Waals surface area contributed by atoms with E-state index in [-0.39, 0.29) is 5.92 Å². The molecule has 0 amide bonds. The molecule has 0 radical (unpaired) electrons. The lowest BCUT2D eigenvalue weighted by atomic mass is 9.97. The molecule has 0 heterocycles. The predicted molar refractivity (Wildman–Crippen MR) is 52.8 cm³/mol. The minimum Gasteiger partial charge on any atom is -0.204 e. The molecule has 1 aromatic carbocycles. The molecule has 1 atom stereocenters. The second-order valence-electron chi connectivity index (χ2n) is 3.17. The van der Waals surface area contributed by atoms with Crippen molar-refractivity contribution in [3.8, 4) is 11.8 Å². The van der Waals surface area contributed by atoms with Crippen LogP contribution in [0.25, 0.3) is 0 Å². The molecule has 0 saturated carbocycles. The second kappa shape index (κ2) is 4.76. The number of halogens is 2. The number of rotatable bonds is 2. The van der Waals surface area contributed by atoms with Crippen LogP contribution in [-0.2, 0) is 0 Å². The zero-order valence-corrected chi connectivity index (χ0v) is 8.27. The Labute approximate surface area is 83.0 Å². The highest BCUT2D eigenvalue weighted by atomic mass is 19.2. The predicted octanol–water partition coefficient (Wildman–Crippen LogP) is 3.48. The summed E-state index contributed by atoms with van der Waals surface area (Å²) < 4.78 is 26.1. The summed E-state index contributed by atoms with van der Waals surface area (Å²) in [6.07, 6.45) is 0.552. The normalized spacial score (nSPS) is 11.7. The lowest BCUT2D eigenvalue weighted by molar-refractivity contribution is 0.491. The lowest BCUT2D eigenvalue weighted by Crippen LogP contribution is -1.98. The molecule has 0 spiro atoms. The molecule has 2 heteroatoms. The van der Waals surface area contributed by atoms with Crippen LogP contribution in [0.2, 0.25) is 0 Å². The molecule has 14 heavy (non-hydrogen) atoms. The van der Waals surface area contributed by atoms with Gasteiger partial charge in [0, 0.05) is 6.42 Å². The Morgan fingerprint density at radius 1 is 1.36 bits per heavy atom. The molecule has 0 fully saturated rings. The summed E-state index contributed by atoms with van der Waals surface area (Å²) in [4.78, 5) is 0. The highest BCUT2D eigenvalue weighted by Crippen LogP contribution is 2.22. The van der Waals surface area contributed by atoms with E-state index in [1.807, 2.05) is 6.92 Å². The number of benzene rings is 1. The largest absolute Gasteiger partial charge is 0.204 e. The van der Waals surface area contributed by atoms with Crippen molar-refractivity contribution in [2.45, 2.75) is 26.2 Å². The Balaban J connectivity index is 2.93. The number of hydrogen-bond donors (Lipinski definition) is 0. The van der Waals surface area contributed by atoms with Crippen LogP contribution in [0, 0.1) is 23.5 Å². The first-order chi connectivity index (χ1) is 6.66. The summed E-state index contributed by atoms with van der Waals surface area (Å²) in [5.41, 5.74) is 0.396. The standard InChI is InChI=1S/C12H12F2/c1-3-4-6-9(2)10-7-5-8-11(13)12(10)14/h5,7-9H,6H2,1-2H3. The van der Waals surface area contributed by atoms with E-state index in [9.17, 15) is 8.78 Å². The van der Waals surface area contributed by atoms with Crippen LogP contribution >= 0.6 is 0 Å². The van der Waals surface area contributed by atoms with Crippen molar-refractivity contribution in [3.63, 3.8) is 0 Å². The van der Waals surface area contributed by atoms with E-state index in [0.29, 0.717) is 12.0 Å². The SMILES string of the molecule is CC#CCC(C)c1cccc(F)c1F. The van der Waals surface area contributed by atoms with Crippen molar-refractivity contribution in [1.82, 2.24) is 0 Å². The van der Waals surface area contributed by atoms with Gasteiger partial charge in [0.15, 0.2) is 11.6 Å². The summed E-state index contributed by atoms with van der Waals surface area (Å²) in [7, 11) is 0. The minimum atomic E-state index is -0.793. The summed E-state index contributed by atoms with van der Waals surface area (Å²) in [6, 6.07) is 4.24. The third kappa shape index (κ3) is 2.32. The Kier molecular flexibility index (Phi) is 3.64. The molecule has 0 nitrogen and oxygen atoms in total. The van der Waals surface area contributed by atoms with Gasteiger partial charge in [0.2, 0.25) is 0 Å². The molecule has 0 N–H and O–H groups in total. The van der Waals surface area contributed by atoms with Crippen LogP contribution in [0.4, 0.5) is 8.78 Å². The lowest BCUT2D eigenvalue weighted by Gasteiger charge is -2.09. The highest BCUT2D eigenvalue weighted by Gasteiger charge is 2.12. The van der Waals surface area contributed by atoms with Crippen molar-refractivity contribution >= 4 is 0 Å². The third-order valence-electron chi connectivity index (χ3n) is 2.10. The van der Waals surface area contributed by atoms with E-state index in [1.54, 1.807) is 13.0 Å². The zero-order chi connectivity index (χ0) is 10.6. The molecule has 1 aromatic rings. The average molecular weight is 194 g/mol. The van der Waals surface area contributed by atoms with Crippen molar-refractivity contribution in [1.29, 1.82) is 0 Å². The van der Waals surface area contributed by atoms with Gasteiger partial charge in [-0.1, -0.05) is 19.1 Å². The number of hydrogen-bond acceptors (Lipinski definition) is 0. The molecule has 74 valence electrons. The van der Waals surface area contributed by atoms with Gasteiger partial charge < -0.3 is 0 Å². The van der Waals surface area contributed by atoms with Crippen LogP contribution in [0.1, 0.15) is 31.7 Å². The van der Waals surface area contributed by atoms with Gasteiger partial charge in [-0.25, -0.2) is 8.78 Å². The fourth-order valence-electron chi connectivity index (χ4n) is 1.27. The maximum absolute atomic E-state index is 13.3. The topological polar surface area (TPSA) is 0 Å². The fourth-order valence-corrected chi connectivity index (χ4v) is 1.27. The average Bonchev–Trinajstić information content (AvgIpc) is 2.18. The van der Waals surface area contributed by atoms with Crippen molar-refractivity contribution in [2.24, 2.45) is 0 Å². The quantitative estimate of drug-likeness (QED) is 0.632. The highest BCUT2D eigenvalue weighted by molar-refractivity contribution is 5.23. The van der Waals surface area contributed by atoms with E-state index in [4.69, 9.17) is 0 Å². The van der Waals surface area contributed by atoms with Crippen LogP contribution in [-0.4, -0.2) is 0 Å². The maximum Gasteiger partial charge on any atom is 0.162 e. The van der Waals surface area contributed by atoms with Gasteiger partial charge in [-0.15, -0.1) is 11.8 Å². The molecule has 0 aromatic heterocycles. The van der Waals surface area contributed by atoms with Gasteiger partial charge in [0.1, 0.15) is 0 Å². The first-order valence-electron chi connectivity index (χ1n) is 4.50. The fraction of sp³-hybridized carbons (Fsp3) is 0.333. The van der Waals surface area contributed by atoms with Crippen LogP contribution in [0.5, 0.6) is 0 Å². The Morgan fingerprint density at radius 3 is 2.71 bits per heavy atom. The van der Waals surface area contributed by atoms with Crippen molar-refractivity contribution in [3.05, 3.63) is 35.4 Å². The maximum atomic E-state index is 13.3. The van der Waals surface area contributed by atoms with Crippen molar-refractivity contribution in [2.75, 3.05) is 0 Å².